The van der Waals surface area contributed by atoms with Gasteiger partial charge in [0.2, 0.25) is 0 Å². The Morgan fingerprint density at radius 1 is 1.15 bits per heavy atom. The van der Waals surface area contributed by atoms with Crippen LogP contribution in [0, 0.1) is 5.92 Å². The van der Waals surface area contributed by atoms with E-state index in [9.17, 15) is 0 Å². The lowest BCUT2D eigenvalue weighted by Crippen LogP contribution is -1.96. The van der Waals surface area contributed by atoms with E-state index in [2.05, 4.69) is 26.0 Å². The van der Waals surface area contributed by atoms with Crippen molar-refractivity contribution in [3.63, 3.8) is 0 Å². The highest BCUT2D eigenvalue weighted by Crippen LogP contribution is 2.10. The molecular formula is C12H24O. The fourth-order valence-electron chi connectivity index (χ4n) is 1.30. The van der Waals surface area contributed by atoms with Crippen molar-refractivity contribution in [3.8, 4) is 0 Å². The predicted molar refractivity (Wildman–Crippen MR) is 58.8 cm³/mol. The van der Waals surface area contributed by atoms with Crippen LogP contribution in [-0.2, 0) is 0 Å². The Labute approximate surface area is 82.9 Å². The van der Waals surface area contributed by atoms with E-state index in [1.165, 1.54) is 32.1 Å². The fraction of sp³-hybridized carbons (Fsp3) is 0.833. The molecule has 0 saturated carbocycles. The molecule has 1 heteroatoms. The van der Waals surface area contributed by atoms with Gasteiger partial charge in [0, 0.05) is 6.61 Å². The van der Waals surface area contributed by atoms with E-state index in [1.54, 1.807) is 0 Å². The van der Waals surface area contributed by atoms with Crippen LogP contribution >= 0.6 is 0 Å². The molecular weight excluding hydrogens is 160 g/mol. The van der Waals surface area contributed by atoms with Gasteiger partial charge in [-0.2, -0.15) is 0 Å². The van der Waals surface area contributed by atoms with Crippen molar-refractivity contribution in [3.05, 3.63) is 12.2 Å². The first kappa shape index (κ1) is 12.7. The summed E-state index contributed by atoms with van der Waals surface area (Å²) >= 11 is 0. The van der Waals surface area contributed by atoms with E-state index in [0.29, 0.717) is 12.5 Å². The molecule has 0 heterocycles. The predicted octanol–water partition coefficient (Wildman–Crippen LogP) is 3.53. The first-order valence-corrected chi connectivity index (χ1v) is 5.57. The molecule has 0 aromatic heterocycles. The summed E-state index contributed by atoms with van der Waals surface area (Å²) in [5, 5.41) is 8.69. The van der Waals surface area contributed by atoms with Gasteiger partial charge < -0.3 is 5.11 Å². The molecule has 0 unspecified atom stereocenters. The first-order valence-electron chi connectivity index (χ1n) is 5.57. The van der Waals surface area contributed by atoms with Gasteiger partial charge in [0.25, 0.3) is 0 Å². The number of aliphatic hydroxyl groups is 1. The first-order chi connectivity index (χ1) is 6.31. The van der Waals surface area contributed by atoms with Gasteiger partial charge in [0.1, 0.15) is 0 Å². The van der Waals surface area contributed by atoms with Gasteiger partial charge in [-0.15, -0.1) is 0 Å². The minimum Gasteiger partial charge on any atom is -0.396 e. The largest absolute Gasteiger partial charge is 0.396 e. The van der Waals surface area contributed by atoms with Gasteiger partial charge in [-0.05, 0) is 31.6 Å². The molecule has 0 bridgehead atoms. The number of aliphatic hydroxyl groups excluding tert-OH is 1. The molecule has 0 spiro atoms. The molecule has 1 atom stereocenters. The van der Waals surface area contributed by atoms with Crippen LogP contribution in [-0.4, -0.2) is 11.7 Å². The second kappa shape index (κ2) is 9.79. The zero-order valence-electron chi connectivity index (χ0n) is 9.13. The average molecular weight is 184 g/mol. The SMILES string of the molecule is CCCC/C=C\CC[C@@H](C)CCO. The van der Waals surface area contributed by atoms with Crippen molar-refractivity contribution in [2.45, 2.75) is 52.4 Å². The monoisotopic (exact) mass is 184 g/mol. The summed E-state index contributed by atoms with van der Waals surface area (Å²) in [7, 11) is 0. The normalized spacial score (nSPS) is 13.8. The van der Waals surface area contributed by atoms with Crippen LogP contribution in [0.15, 0.2) is 12.2 Å². The Morgan fingerprint density at radius 2 is 1.85 bits per heavy atom. The van der Waals surface area contributed by atoms with Crippen molar-refractivity contribution < 1.29 is 5.11 Å². The van der Waals surface area contributed by atoms with E-state index in [4.69, 9.17) is 5.11 Å². The van der Waals surface area contributed by atoms with Gasteiger partial charge >= 0.3 is 0 Å². The summed E-state index contributed by atoms with van der Waals surface area (Å²) in [6.45, 7) is 4.76. The Balaban J connectivity index is 3.18. The molecule has 0 radical (unpaired) electrons. The lowest BCUT2D eigenvalue weighted by molar-refractivity contribution is 0.259. The molecule has 1 N–H and O–H groups in total. The topological polar surface area (TPSA) is 20.2 Å². The van der Waals surface area contributed by atoms with Crippen LogP contribution in [0.3, 0.4) is 0 Å². The third-order valence-electron chi connectivity index (χ3n) is 2.34. The maximum absolute atomic E-state index is 8.69. The maximum Gasteiger partial charge on any atom is 0.0433 e. The van der Waals surface area contributed by atoms with Crippen LogP contribution in [0.1, 0.15) is 52.4 Å². The molecule has 78 valence electrons. The zero-order valence-corrected chi connectivity index (χ0v) is 9.13. The van der Waals surface area contributed by atoms with E-state index >= 15 is 0 Å². The van der Waals surface area contributed by atoms with E-state index < -0.39 is 0 Å². The molecule has 0 aromatic rings. The summed E-state index contributed by atoms with van der Waals surface area (Å²) in [5.74, 6) is 0.667. The Bertz CT molecular complexity index is 118. The van der Waals surface area contributed by atoms with Crippen molar-refractivity contribution in [1.82, 2.24) is 0 Å². The molecule has 0 aliphatic carbocycles. The molecule has 0 fully saturated rings. The minimum atomic E-state index is 0.334. The lowest BCUT2D eigenvalue weighted by atomic mass is 10.0. The highest BCUT2D eigenvalue weighted by molar-refractivity contribution is 4.81. The molecule has 0 aliphatic heterocycles. The summed E-state index contributed by atoms with van der Waals surface area (Å²) in [4.78, 5) is 0. The van der Waals surface area contributed by atoms with Crippen molar-refractivity contribution in [1.29, 1.82) is 0 Å². The molecule has 0 aromatic carbocycles. The maximum atomic E-state index is 8.69. The van der Waals surface area contributed by atoms with Gasteiger partial charge in [-0.3, -0.25) is 0 Å². The highest BCUT2D eigenvalue weighted by Gasteiger charge is 1.97. The number of unbranched alkanes of at least 4 members (excludes halogenated alkanes) is 2. The van der Waals surface area contributed by atoms with Crippen molar-refractivity contribution >= 4 is 0 Å². The van der Waals surface area contributed by atoms with Crippen LogP contribution in [0.25, 0.3) is 0 Å². The van der Waals surface area contributed by atoms with Gasteiger partial charge in [0.05, 0.1) is 0 Å². The quantitative estimate of drug-likeness (QED) is 0.452. The molecule has 0 aliphatic rings. The minimum absolute atomic E-state index is 0.334. The number of rotatable bonds is 8. The molecule has 0 saturated heterocycles. The Kier molecular flexibility index (Phi) is 9.56. The molecule has 13 heavy (non-hydrogen) atoms. The second-order valence-corrected chi connectivity index (χ2v) is 3.81. The fourth-order valence-corrected chi connectivity index (χ4v) is 1.30. The Morgan fingerprint density at radius 3 is 2.46 bits per heavy atom. The van der Waals surface area contributed by atoms with Gasteiger partial charge in [0.15, 0.2) is 0 Å². The summed E-state index contributed by atoms with van der Waals surface area (Å²) in [6.07, 6.45) is 11.7. The van der Waals surface area contributed by atoms with Gasteiger partial charge in [-0.25, -0.2) is 0 Å². The van der Waals surface area contributed by atoms with Crippen LogP contribution in [0.2, 0.25) is 0 Å². The molecule has 1 nitrogen and oxygen atoms in total. The van der Waals surface area contributed by atoms with E-state index in [1.807, 2.05) is 0 Å². The highest BCUT2D eigenvalue weighted by atomic mass is 16.2. The zero-order chi connectivity index (χ0) is 9.94. The summed E-state index contributed by atoms with van der Waals surface area (Å²) < 4.78 is 0. The van der Waals surface area contributed by atoms with Gasteiger partial charge in [-0.1, -0.05) is 38.8 Å². The molecule has 0 amide bonds. The smallest absolute Gasteiger partial charge is 0.0433 e. The van der Waals surface area contributed by atoms with Crippen LogP contribution in [0.5, 0.6) is 0 Å². The number of hydrogen-bond acceptors (Lipinski definition) is 1. The number of hydrogen-bond donors (Lipinski definition) is 1. The van der Waals surface area contributed by atoms with Crippen LogP contribution in [0.4, 0.5) is 0 Å². The standard InChI is InChI=1S/C12H24O/c1-3-4-5-6-7-8-9-12(2)10-11-13/h6-7,12-13H,3-5,8-11H2,1-2H3/b7-6-/t12-/m1/s1. The second-order valence-electron chi connectivity index (χ2n) is 3.81. The third kappa shape index (κ3) is 9.62. The summed E-state index contributed by atoms with van der Waals surface area (Å²) in [6, 6.07) is 0. The van der Waals surface area contributed by atoms with Crippen LogP contribution < -0.4 is 0 Å². The third-order valence-corrected chi connectivity index (χ3v) is 2.34. The lowest BCUT2D eigenvalue weighted by Gasteiger charge is -2.06. The molecule has 0 rings (SSSR count). The van der Waals surface area contributed by atoms with E-state index in [0.717, 1.165) is 6.42 Å². The number of allylic oxidation sites excluding steroid dienone is 2. The van der Waals surface area contributed by atoms with Crippen molar-refractivity contribution in [2.24, 2.45) is 5.92 Å². The summed E-state index contributed by atoms with van der Waals surface area (Å²) in [5.41, 5.74) is 0. The average Bonchev–Trinajstić information content (AvgIpc) is 2.11. The van der Waals surface area contributed by atoms with E-state index in [-0.39, 0.29) is 0 Å². The van der Waals surface area contributed by atoms with Crippen molar-refractivity contribution in [2.75, 3.05) is 6.61 Å². The Hall–Kier alpha value is -0.300.